The topological polar surface area (TPSA) is 71.3 Å². The van der Waals surface area contributed by atoms with Gasteiger partial charge in [0.1, 0.15) is 0 Å². The van der Waals surface area contributed by atoms with E-state index in [1.165, 1.54) is 12.7 Å². The number of hydrogen-bond acceptors (Lipinski definition) is 4. The first-order chi connectivity index (χ1) is 12.1. The van der Waals surface area contributed by atoms with Crippen LogP contribution < -0.4 is 14.8 Å². The van der Waals surface area contributed by atoms with Crippen molar-refractivity contribution in [3.63, 3.8) is 0 Å². The van der Waals surface area contributed by atoms with Crippen LogP contribution >= 0.6 is 0 Å². The Balaban J connectivity index is 1.79. The van der Waals surface area contributed by atoms with Crippen molar-refractivity contribution in [1.82, 2.24) is 5.32 Å². The summed E-state index contributed by atoms with van der Waals surface area (Å²) in [6, 6.07) is 17.1. The fourth-order valence-electron chi connectivity index (χ4n) is 2.42. The molecule has 0 spiro atoms. The molecule has 5 nitrogen and oxygen atoms in total. The van der Waals surface area contributed by atoms with Crippen molar-refractivity contribution < 1.29 is 14.3 Å². The lowest BCUT2D eigenvalue weighted by Crippen LogP contribution is -2.36. The van der Waals surface area contributed by atoms with Gasteiger partial charge in [0.25, 0.3) is 5.91 Å². The Labute approximate surface area is 148 Å². The third-order valence-corrected chi connectivity index (χ3v) is 3.77. The Morgan fingerprint density at radius 2 is 1.96 bits per heavy atom. The van der Waals surface area contributed by atoms with Gasteiger partial charge in [-0.05, 0) is 37.5 Å². The summed E-state index contributed by atoms with van der Waals surface area (Å²) in [5.41, 5.74) is 1.73. The molecule has 2 aromatic carbocycles. The van der Waals surface area contributed by atoms with Crippen LogP contribution in [-0.4, -0.2) is 25.7 Å². The van der Waals surface area contributed by atoms with Crippen LogP contribution in [0.3, 0.4) is 0 Å². The van der Waals surface area contributed by atoms with Crippen LogP contribution in [0.1, 0.15) is 24.5 Å². The summed E-state index contributed by atoms with van der Waals surface area (Å²) >= 11 is 0. The molecule has 0 heterocycles. The van der Waals surface area contributed by atoms with Crippen molar-refractivity contribution in [1.29, 1.82) is 5.26 Å². The highest BCUT2D eigenvalue weighted by molar-refractivity contribution is 5.77. The average molecular weight is 338 g/mol. The molecule has 0 unspecified atom stereocenters. The van der Waals surface area contributed by atoms with E-state index in [2.05, 4.69) is 17.4 Å². The second-order valence-corrected chi connectivity index (χ2v) is 5.76. The van der Waals surface area contributed by atoms with Crippen LogP contribution in [0, 0.1) is 11.3 Å². The van der Waals surface area contributed by atoms with Crippen molar-refractivity contribution in [2.75, 3.05) is 13.7 Å². The molecule has 0 aliphatic carbocycles. The third-order valence-electron chi connectivity index (χ3n) is 3.77. The highest BCUT2D eigenvalue weighted by Crippen LogP contribution is 2.27. The molecule has 0 bridgehead atoms. The van der Waals surface area contributed by atoms with E-state index in [4.69, 9.17) is 14.7 Å². The first kappa shape index (κ1) is 18.3. The zero-order valence-electron chi connectivity index (χ0n) is 14.5. The molecule has 130 valence electrons. The first-order valence-electron chi connectivity index (χ1n) is 8.16. The van der Waals surface area contributed by atoms with Gasteiger partial charge >= 0.3 is 0 Å². The van der Waals surface area contributed by atoms with E-state index in [-0.39, 0.29) is 18.6 Å². The molecule has 0 saturated carbocycles. The number of amides is 1. The number of carbonyl (C=O) groups is 1. The molecule has 0 aliphatic heterocycles. The third kappa shape index (κ3) is 5.85. The number of benzene rings is 2. The summed E-state index contributed by atoms with van der Waals surface area (Å²) in [6.07, 6.45) is 1.77. The van der Waals surface area contributed by atoms with Crippen molar-refractivity contribution in [3.8, 4) is 17.6 Å². The van der Waals surface area contributed by atoms with Gasteiger partial charge < -0.3 is 14.8 Å². The highest BCUT2D eigenvalue weighted by atomic mass is 16.5. The zero-order valence-corrected chi connectivity index (χ0v) is 14.5. The van der Waals surface area contributed by atoms with Gasteiger partial charge in [-0.3, -0.25) is 4.79 Å². The monoisotopic (exact) mass is 338 g/mol. The second-order valence-electron chi connectivity index (χ2n) is 5.76. The van der Waals surface area contributed by atoms with Gasteiger partial charge in [0, 0.05) is 12.1 Å². The SMILES string of the molecule is COc1cc(C#N)ccc1OCC(=O)N[C@@H](C)CCc1ccccc1. The van der Waals surface area contributed by atoms with Crippen LogP contribution in [0.15, 0.2) is 48.5 Å². The summed E-state index contributed by atoms with van der Waals surface area (Å²) in [4.78, 5) is 12.0. The number of ether oxygens (including phenoxy) is 2. The van der Waals surface area contributed by atoms with E-state index >= 15 is 0 Å². The lowest BCUT2D eigenvalue weighted by atomic mass is 10.1. The molecule has 1 atom stereocenters. The number of nitrogens with one attached hydrogen (secondary N) is 1. The average Bonchev–Trinajstić information content (AvgIpc) is 2.65. The summed E-state index contributed by atoms with van der Waals surface area (Å²) in [5.74, 6) is 0.685. The summed E-state index contributed by atoms with van der Waals surface area (Å²) in [7, 11) is 1.50. The zero-order chi connectivity index (χ0) is 18.1. The van der Waals surface area contributed by atoms with Crippen molar-refractivity contribution in [2.24, 2.45) is 0 Å². The molecule has 5 heteroatoms. The van der Waals surface area contributed by atoms with E-state index in [9.17, 15) is 4.79 Å². The molecular weight excluding hydrogens is 316 g/mol. The second kappa shape index (κ2) is 9.33. The summed E-state index contributed by atoms with van der Waals surface area (Å²) in [5, 5.41) is 11.8. The van der Waals surface area contributed by atoms with Crippen LogP contribution in [0.25, 0.3) is 0 Å². The Morgan fingerprint density at radius 3 is 2.64 bits per heavy atom. The van der Waals surface area contributed by atoms with Crippen LogP contribution in [-0.2, 0) is 11.2 Å². The lowest BCUT2D eigenvalue weighted by molar-refractivity contribution is -0.123. The lowest BCUT2D eigenvalue weighted by Gasteiger charge is -2.15. The molecule has 2 rings (SSSR count). The minimum absolute atomic E-state index is 0.0548. The molecule has 1 amide bonds. The van der Waals surface area contributed by atoms with Crippen molar-refractivity contribution in [2.45, 2.75) is 25.8 Å². The number of rotatable bonds is 8. The number of hydrogen-bond donors (Lipinski definition) is 1. The van der Waals surface area contributed by atoms with Gasteiger partial charge in [-0.25, -0.2) is 0 Å². The first-order valence-corrected chi connectivity index (χ1v) is 8.16. The Morgan fingerprint density at radius 1 is 1.20 bits per heavy atom. The van der Waals surface area contributed by atoms with Crippen LogP contribution in [0.4, 0.5) is 0 Å². The van der Waals surface area contributed by atoms with Gasteiger partial charge in [0.15, 0.2) is 18.1 Å². The molecule has 0 saturated heterocycles. The predicted molar refractivity (Wildman–Crippen MR) is 95.6 cm³/mol. The minimum atomic E-state index is -0.188. The number of nitriles is 1. The molecule has 25 heavy (non-hydrogen) atoms. The molecular formula is C20H22N2O3. The summed E-state index contributed by atoms with van der Waals surface area (Å²) < 4.78 is 10.7. The van der Waals surface area contributed by atoms with Gasteiger partial charge in [-0.1, -0.05) is 30.3 Å². The molecule has 0 radical (unpaired) electrons. The molecule has 1 N–H and O–H groups in total. The van der Waals surface area contributed by atoms with Gasteiger partial charge in [-0.15, -0.1) is 0 Å². The van der Waals surface area contributed by atoms with E-state index in [1.807, 2.05) is 31.2 Å². The van der Waals surface area contributed by atoms with E-state index in [0.29, 0.717) is 17.1 Å². The molecule has 0 aliphatic rings. The Kier molecular flexibility index (Phi) is 6.85. The quantitative estimate of drug-likeness (QED) is 0.803. The van der Waals surface area contributed by atoms with E-state index in [1.54, 1.807) is 18.2 Å². The predicted octanol–water partition coefficient (Wildman–Crippen LogP) is 3.08. The molecule has 0 aromatic heterocycles. The van der Waals surface area contributed by atoms with E-state index in [0.717, 1.165) is 12.8 Å². The fourth-order valence-corrected chi connectivity index (χ4v) is 2.42. The maximum Gasteiger partial charge on any atom is 0.258 e. The minimum Gasteiger partial charge on any atom is -0.493 e. The molecule has 0 fully saturated rings. The van der Waals surface area contributed by atoms with E-state index < -0.39 is 0 Å². The highest BCUT2D eigenvalue weighted by Gasteiger charge is 2.11. The Bertz CT molecular complexity index is 738. The smallest absolute Gasteiger partial charge is 0.258 e. The van der Waals surface area contributed by atoms with Crippen LogP contribution in [0.5, 0.6) is 11.5 Å². The maximum absolute atomic E-state index is 12.0. The van der Waals surface area contributed by atoms with Crippen molar-refractivity contribution in [3.05, 3.63) is 59.7 Å². The number of methoxy groups -OCH3 is 1. The Hall–Kier alpha value is -3.00. The fraction of sp³-hybridized carbons (Fsp3) is 0.300. The van der Waals surface area contributed by atoms with Gasteiger partial charge in [0.05, 0.1) is 18.7 Å². The largest absolute Gasteiger partial charge is 0.493 e. The van der Waals surface area contributed by atoms with Crippen LogP contribution in [0.2, 0.25) is 0 Å². The maximum atomic E-state index is 12.0. The van der Waals surface area contributed by atoms with Gasteiger partial charge in [-0.2, -0.15) is 5.26 Å². The number of aryl methyl sites for hydroxylation is 1. The standard InChI is InChI=1S/C20H22N2O3/c1-15(8-9-16-6-4-3-5-7-16)22-20(23)14-25-18-11-10-17(13-21)12-19(18)24-2/h3-7,10-12,15H,8-9,14H2,1-2H3,(H,22,23)/t15-/m0/s1. The summed E-state index contributed by atoms with van der Waals surface area (Å²) in [6.45, 7) is 1.88. The molecule has 2 aromatic rings. The number of carbonyl (C=O) groups excluding carboxylic acids is 1. The van der Waals surface area contributed by atoms with Gasteiger partial charge in [0.2, 0.25) is 0 Å². The van der Waals surface area contributed by atoms with Crippen molar-refractivity contribution >= 4 is 5.91 Å². The normalized spacial score (nSPS) is 11.2. The number of nitrogens with zero attached hydrogens (tertiary/aromatic N) is 1.